The minimum Gasteiger partial charge on any atom is -0.423 e. The second-order valence-electron chi connectivity index (χ2n) is 5.75. The zero-order valence-electron chi connectivity index (χ0n) is 11.1. The van der Waals surface area contributed by atoms with Crippen LogP contribution in [0.4, 0.5) is 22.0 Å². The third-order valence-corrected chi connectivity index (χ3v) is 7.33. The van der Waals surface area contributed by atoms with Crippen LogP contribution < -0.4 is 0 Å². The van der Waals surface area contributed by atoms with E-state index in [4.69, 9.17) is 0 Å². The van der Waals surface area contributed by atoms with Gasteiger partial charge >= 0.3 is 10.8 Å². The maximum absolute atomic E-state index is 13.8. The van der Waals surface area contributed by atoms with Gasteiger partial charge in [0, 0.05) is 6.42 Å². The van der Waals surface area contributed by atoms with E-state index in [0.29, 0.717) is 19.3 Å². The van der Waals surface area contributed by atoms with E-state index in [9.17, 15) is 38.8 Å². The van der Waals surface area contributed by atoms with E-state index in [0.717, 1.165) is 6.42 Å². The second kappa shape index (κ2) is 5.26. The SMILES string of the molecule is O=S(=O)([N-]S(=O)(=O)C(F)(F)CC1CC2CCC1C2)C(F)(F)F. The van der Waals surface area contributed by atoms with Crippen LogP contribution in [0, 0.1) is 17.8 Å². The van der Waals surface area contributed by atoms with Crippen molar-refractivity contribution in [2.45, 2.75) is 42.9 Å². The fourth-order valence-corrected chi connectivity index (χ4v) is 5.50. The number of hydrogen-bond donors (Lipinski definition) is 0. The Morgan fingerprint density at radius 3 is 1.91 bits per heavy atom. The quantitative estimate of drug-likeness (QED) is 0.697. The van der Waals surface area contributed by atoms with Crippen LogP contribution in [-0.4, -0.2) is 27.6 Å². The Balaban J connectivity index is 2.14. The average Bonchev–Trinajstić information content (AvgIpc) is 2.86. The molecule has 0 aromatic heterocycles. The number of rotatable bonds is 5. The molecule has 3 atom stereocenters. The van der Waals surface area contributed by atoms with Gasteiger partial charge in [0.25, 0.3) is 0 Å². The van der Waals surface area contributed by atoms with Gasteiger partial charge in [-0.05, 0) is 37.0 Å². The molecular weight excluding hydrogens is 357 g/mol. The van der Waals surface area contributed by atoms with E-state index in [1.807, 2.05) is 0 Å². The van der Waals surface area contributed by atoms with Crippen LogP contribution >= 0.6 is 0 Å². The number of hydrogen-bond acceptors (Lipinski definition) is 4. The summed E-state index contributed by atoms with van der Waals surface area (Å²) in [6, 6.07) is 0. The second-order valence-corrected chi connectivity index (χ2v) is 9.30. The lowest BCUT2D eigenvalue weighted by Crippen LogP contribution is -2.35. The van der Waals surface area contributed by atoms with Crippen molar-refractivity contribution in [2.75, 3.05) is 0 Å². The van der Waals surface area contributed by atoms with Crippen LogP contribution in [-0.2, 0) is 20.0 Å². The number of nitrogens with zero attached hydrogens (tertiary/aromatic N) is 1. The average molecular weight is 370 g/mol. The van der Waals surface area contributed by atoms with Gasteiger partial charge in [0.2, 0.25) is 0 Å². The minimum atomic E-state index is -6.53. The zero-order valence-corrected chi connectivity index (χ0v) is 12.7. The van der Waals surface area contributed by atoms with Crippen molar-refractivity contribution in [3.8, 4) is 0 Å². The molecule has 2 saturated carbocycles. The molecule has 0 aliphatic heterocycles. The number of sulfonamides is 2. The number of fused-ring (bicyclic) bond motifs is 2. The molecule has 2 rings (SSSR count). The largest absolute Gasteiger partial charge is 0.480 e. The summed E-state index contributed by atoms with van der Waals surface area (Å²) in [5.74, 6) is -0.512. The summed E-state index contributed by atoms with van der Waals surface area (Å²) in [6.45, 7) is 0. The molecule has 12 heteroatoms. The molecule has 0 aromatic carbocycles. The van der Waals surface area contributed by atoms with Gasteiger partial charge in [0.05, 0.1) is 0 Å². The Bertz CT molecular complexity index is 643. The molecule has 0 N–H and O–H groups in total. The Kier molecular flexibility index (Phi) is 4.27. The highest BCUT2D eigenvalue weighted by molar-refractivity contribution is 8.13. The van der Waals surface area contributed by atoms with Crippen LogP contribution in [0.3, 0.4) is 0 Å². The van der Waals surface area contributed by atoms with Crippen LogP contribution in [0.25, 0.3) is 4.13 Å². The molecule has 0 radical (unpaired) electrons. The standard InChI is InChI=1S/C10H13F5NO4S2/c11-9(12,5-8-4-6-1-2-7(8)3-6)21(17,18)16-22(19,20)10(13,14)15/h6-8H,1-5H2/q-1. The van der Waals surface area contributed by atoms with E-state index in [1.165, 1.54) is 4.13 Å². The summed E-state index contributed by atoms with van der Waals surface area (Å²) >= 11 is 0. The Morgan fingerprint density at radius 1 is 0.909 bits per heavy atom. The maximum atomic E-state index is 13.8. The van der Waals surface area contributed by atoms with Crippen LogP contribution in [0.1, 0.15) is 32.1 Å². The summed E-state index contributed by atoms with van der Waals surface area (Å²) in [7, 11) is -12.6. The molecule has 130 valence electrons. The van der Waals surface area contributed by atoms with E-state index < -0.39 is 43.1 Å². The monoisotopic (exact) mass is 370 g/mol. The highest BCUT2D eigenvalue weighted by atomic mass is 32.3. The van der Waals surface area contributed by atoms with Gasteiger partial charge in [-0.2, -0.15) is 22.0 Å². The maximum Gasteiger partial charge on any atom is 0.480 e. The summed E-state index contributed by atoms with van der Waals surface area (Å²) in [5, 5.41) is -4.64. The van der Waals surface area contributed by atoms with Crippen LogP contribution in [0.15, 0.2) is 0 Å². The van der Waals surface area contributed by atoms with E-state index >= 15 is 0 Å². The summed E-state index contributed by atoms with van der Waals surface area (Å²) in [4.78, 5) is 0. The lowest BCUT2D eigenvalue weighted by atomic mass is 9.86. The first-order valence-corrected chi connectivity index (χ1v) is 9.31. The van der Waals surface area contributed by atoms with E-state index in [1.54, 1.807) is 0 Å². The van der Waals surface area contributed by atoms with Gasteiger partial charge in [-0.25, -0.2) is 16.8 Å². The molecule has 0 spiro atoms. The molecular formula is C10H13F5NO4S2-. The first-order chi connectivity index (χ1) is 9.75. The summed E-state index contributed by atoms with van der Waals surface area (Å²) in [5.41, 5.74) is -6.04. The van der Waals surface area contributed by atoms with Crippen molar-refractivity contribution >= 4 is 20.0 Å². The van der Waals surface area contributed by atoms with Crippen molar-refractivity contribution in [3.63, 3.8) is 0 Å². The van der Waals surface area contributed by atoms with Gasteiger partial charge in [0.1, 0.15) is 10.0 Å². The summed E-state index contributed by atoms with van der Waals surface area (Å²) in [6.07, 6.45) is 1.41. The lowest BCUT2D eigenvalue weighted by Gasteiger charge is -2.31. The van der Waals surface area contributed by atoms with Crippen LogP contribution in [0.5, 0.6) is 0 Å². The molecule has 22 heavy (non-hydrogen) atoms. The van der Waals surface area contributed by atoms with Gasteiger partial charge in [-0.3, -0.25) is 0 Å². The lowest BCUT2D eigenvalue weighted by molar-refractivity contribution is -0.0425. The van der Waals surface area contributed by atoms with Crippen molar-refractivity contribution < 1.29 is 38.8 Å². The molecule has 5 nitrogen and oxygen atoms in total. The normalized spacial score (nSPS) is 30.0. The molecule has 0 amide bonds. The Labute approximate surface area is 124 Å². The smallest absolute Gasteiger partial charge is 0.423 e. The van der Waals surface area contributed by atoms with Crippen LogP contribution in [0.2, 0.25) is 0 Å². The topological polar surface area (TPSA) is 82.4 Å². The zero-order chi connectivity index (χ0) is 17.0. The molecule has 0 saturated heterocycles. The Hall–Kier alpha value is -0.490. The summed E-state index contributed by atoms with van der Waals surface area (Å²) < 4.78 is 109. The van der Waals surface area contributed by atoms with Gasteiger partial charge in [-0.1, -0.05) is 6.42 Å². The van der Waals surface area contributed by atoms with Crippen molar-refractivity contribution in [1.29, 1.82) is 0 Å². The number of halogens is 5. The highest BCUT2D eigenvalue weighted by Gasteiger charge is 2.50. The van der Waals surface area contributed by atoms with Gasteiger partial charge in [-0.15, -0.1) is 0 Å². The third-order valence-electron chi connectivity index (χ3n) is 4.25. The molecule has 3 unspecified atom stereocenters. The van der Waals surface area contributed by atoms with Crippen molar-refractivity contribution in [1.82, 2.24) is 0 Å². The van der Waals surface area contributed by atoms with Gasteiger partial charge in [0.15, 0.2) is 10.0 Å². The third kappa shape index (κ3) is 3.23. The Morgan fingerprint density at radius 2 is 1.50 bits per heavy atom. The minimum absolute atomic E-state index is 0.0923. The molecule has 2 fully saturated rings. The molecule has 2 aliphatic rings. The molecule has 0 heterocycles. The molecule has 2 aliphatic carbocycles. The predicted molar refractivity (Wildman–Crippen MR) is 65.8 cm³/mol. The van der Waals surface area contributed by atoms with E-state index in [2.05, 4.69) is 0 Å². The van der Waals surface area contributed by atoms with Gasteiger partial charge < -0.3 is 4.13 Å². The number of alkyl halides is 5. The molecule has 0 aromatic rings. The molecule has 2 bridgehead atoms. The van der Waals surface area contributed by atoms with E-state index in [-0.39, 0.29) is 11.8 Å². The van der Waals surface area contributed by atoms with Crippen molar-refractivity contribution in [2.24, 2.45) is 17.8 Å². The fraction of sp³-hybridized carbons (Fsp3) is 1.00. The first-order valence-electron chi connectivity index (χ1n) is 6.43. The predicted octanol–water partition coefficient (Wildman–Crippen LogP) is 2.96. The highest BCUT2D eigenvalue weighted by Crippen LogP contribution is 2.52. The van der Waals surface area contributed by atoms with Crippen molar-refractivity contribution in [3.05, 3.63) is 4.13 Å². The first kappa shape index (κ1) is 17.9. The fourth-order valence-electron chi connectivity index (χ4n) is 3.26.